The van der Waals surface area contributed by atoms with Gasteiger partial charge in [0, 0.05) is 38.9 Å². The SMILES string of the molecule is CO[C@H](CN(C)C(=O)c1ccc2c(c1)OCO2)[C@@H](C)CN([C@H](C)CO)S(=O)(=O)c1ccc(C)cc1. The molecule has 35 heavy (non-hydrogen) atoms. The molecule has 1 amide bonds. The van der Waals surface area contributed by atoms with Gasteiger partial charge in [0.05, 0.1) is 17.6 Å². The van der Waals surface area contributed by atoms with Gasteiger partial charge in [-0.1, -0.05) is 24.6 Å². The molecule has 2 aromatic carbocycles. The summed E-state index contributed by atoms with van der Waals surface area (Å²) in [5.41, 5.74) is 1.41. The van der Waals surface area contributed by atoms with Crippen LogP contribution in [-0.4, -0.2) is 81.4 Å². The summed E-state index contributed by atoms with van der Waals surface area (Å²) in [4.78, 5) is 14.7. The molecule has 10 heteroatoms. The highest BCUT2D eigenvalue weighted by Gasteiger charge is 2.33. The maximum Gasteiger partial charge on any atom is 0.253 e. The minimum atomic E-state index is -3.85. The molecule has 0 saturated heterocycles. The lowest BCUT2D eigenvalue weighted by Gasteiger charge is -2.33. The molecular weight excluding hydrogens is 472 g/mol. The number of methoxy groups -OCH3 is 1. The Balaban J connectivity index is 1.73. The standard InChI is InChI=1S/C25H34N2O7S/c1-17-6-9-21(10-7-17)35(30,31)27(19(3)15-28)13-18(2)24(32-5)14-26(4)25(29)20-8-11-22-23(12-20)34-16-33-22/h6-12,18-19,24,28H,13-16H2,1-5H3/t18-,19+,24+/m0/s1. The fourth-order valence-corrected chi connectivity index (χ4v) is 5.67. The maximum atomic E-state index is 13.4. The molecule has 0 bridgehead atoms. The molecule has 1 aliphatic heterocycles. The number of carbonyl (C=O) groups excluding carboxylic acids is 1. The third-order valence-electron chi connectivity index (χ3n) is 6.21. The van der Waals surface area contributed by atoms with Gasteiger partial charge in [0.25, 0.3) is 5.91 Å². The molecular formula is C25H34N2O7S. The number of sulfonamides is 1. The summed E-state index contributed by atoms with van der Waals surface area (Å²) in [5, 5.41) is 9.77. The zero-order valence-corrected chi connectivity index (χ0v) is 21.6. The number of hydrogen-bond donors (Lipinski definition) is 1. The fraction of sp³-hybridized carbons (Fsp3) is 0.480. The first-order chi connectivity index (χ1) is 16.6. The van der Waals surface area contributed by atoms with E-state index in [1.54, 1.807) is 56.4 Å². The lowest BCUT2D eigenvalue weighted by molar-refractivity contribution is 0.0221. The lowest BCUT2D eigenvalue weighted by Crippen LogP contribution is -2.47. The molecule has 1 aliphatic rings. The quantitative estimate of drug-likeness (QED) is 0.499. The second-order valence-corrected chi connectivity index (χ2v) is 10.8. The van der Waals surface area contributed by atoms with Crippen LogP contribution in [0.1, 0.15) is 29.8 Å². The van der Waals surface area contributed by atoms with E-state index in [0.29, 0.717) is 17.1 Å². The van der Waals surface area contributed by atoms with Crippen molar-refractivity contribution >= 4 is 15.9 Å². The van der Waals surface area contributed by atoms with Crippen molar-refractivity contribution in [3.63, 3.8) is 0 Å². The zero-order chi connectivity index (χ0) is 25.8. The minimum absolute atomic E-state index is 0.114. The number of aryl methyl sites for hydroxylation is 1. The highest BCUT2D eigenvalue weighted by atomic mass is 32.2. The van der Waals surface area contributed by atoms with E-state index in [9.17, 15) is 18.3 Å². The number of fused-ring (bicyclic) bond motifs is 1. The van der Waals surface area contributed by atoms with Gasteiger partial charge in [-0.2, -0.15) is 4.31 Å². The number of rotatable bonds is 11. The largest absolute Gasteiger partial charge is 0.454 e. The van der Waals surface area contributed by atoms with Crippen LogP contribution in [0.5, 0.6) is 11.5 Å². The highest BCUT2D eigenvalue weighted by molar-refractivity contribution is 7.89. The van der Waals surface area contributed by atoms with E-state index < -0.39 is 22.2 Å². The smallest absolute Gasteiger partial charge is 0.253 e. The summed E-state index contributed by atoms with van der Waals surface area (Å²) < 4.78 is 44.4. The van der Waals surface area contributed by atoms with Crippen molar-refractivity contribution in [2.24, 2.45) is 5.92 Å². The molecule has 2 aromatic rings. The number of aliphatic hydroxyl groups is 1. The summed E-state index contributed by atoms with van der Waals surface area (Å²) in [6.45, 7) is 5.58. The van der Waals surface area contributed by atoms with Crippen LogP contribution < -0.4 is 9.47 Å². The first kappa shape index (κ1) is 26.9. The van der Waals surface area contributed by atoms with Crippen molar-refractivity contribution in [2.75, 3.05) is 40.6 Å². The van der Waals surface area contributed by atoms with Crippen molar-refractivity contribution in [3.05, 3.63) is 53.6 Å². The van der Waals surface area contributed by atoms with Crippen LogP contribution in [0.25, 0.3) is 0 Å². The fourth-order valence-electron chi connectivity index (χ4n) is 3.94. The van der Waals surface area contributed by atoms with Crippen molar-refractivity contribution < 1.29 is 32.5 Å². The van der Waals surface area contributed by atoms with Crippen molar-refractivity contribution in [1.29, 1.82) is 0 Å². The van der Waals surface area contributed by atoms with E-state index >= 15 is 0 Å². The Morgan fingerprint density at radius 2 is 1.74 bits per heavy atom. The molecule has 0 spiro atoms. The zero-order valence-electron chi connectivity index (χ0n) is 20.8. The number of nitrogens with zero attached hydrogens (tertiary/aromatic N) is 2. The van der Waals surface area contributed by atoms with Crippen LogP contribution in [0.15, 0.2) is 47.4 Å². The average Bonchev–Trinajstić information content (AvgIpc) is 3.32. The molecule has 0 unspecified atom stereocenters. The normalized spacial score (nSPS) is 15.6. The first-order valence-electron chi connectivity index (χ1n) is 11.5. The van der Waals surface area contributed by atoms with E-state index in [0.717, 1.165) is 5.56 Å². The third kappa shape index (κ3) is 6.13. The van der Waals surface area contributed by atoms with Gasteiger partial charge in [0.15, 0.2) is 11.5 Å². The Labute approximate surface area is 207 Å². The van der Waals surface area contributed by atoms with Crippen LogP contribution >= 0.6 is 0 Å². The van der Waals surface area contributed by atoms with Crippen LogP contribution in [0, 0.1) is 12.8 Å². The number of ether oxygens (including phenoxy) is 3. The van der Waals surface area contributed by atoms with E-state index in [1.165, 1.54) is 16.3 Å². The highest BCUT2D eigenvalue weighted by Crippen LogP contribution is 2.33. The van der Waals surface area contributed by atoms with Gasteiger partial charge in [-0.05, 0) is 50.1 Å². The number of aliphatic hydroxyl groups excluding tert-OH is 1. The Kier molecular flexibility index (Phi) is 8.76. The molecule has 3 atom stereocenters. The minimum Gasteiger partial charge on any atom is -0.454 e. The van der Waals surface area contributed by atoms with Crippen LogP contribution in [0.4, 0.5) is 0 Å². The molecule has 0 aliphatic carbocycles. The maximum absolute atomic E-state index is 13.4. The van der Waals surface area contributed by atoms with E-state index in [2.05, 4.69) is 0 Å². The Morgan fingerprint density at radius 3 is 2.37 bits per heavy atom. The molecule has 0 aromatic heterocycles. The van der Waals surface area contributed by atoms with Crippen LogP contribution in [-0.2, 0) is 14.8 Å². The summed E-state index contributed by atoms with van der Waals surface area (Å²) in [5.74, 6) is 0.628. The summed E-state index contributed by atoms with van der Waals surface area (Å²) >= 11 is 0. The third-order valence-corrected chi connectivity index (χ3v) is 8.20. The number of amides is 1. The van der Waals surface area contributed by atoms with Gasteiger partial charge in [-0.25, -0.2) is 8.42 Å². The monoisotopic (exact) mass is 506 g/mol. The van der Waals surface area contributed by atoms with Crippen molar-refractivity contribution in [3.8, 4) is 11.5 Å². The average molecular weight is 507 g/mol. The number of likely N-dealkylation sites (N-methyl/N-ethyl adjacent to an activating group) is 1. The molecule has 3 rings (SSSR count). The van der Waals surface area contributed by atoms with E-state index in [-0.39, 0.29) is 43.2 Å². The molecule has 0 saturated carbocycles. The summed E-state index contributed by atoms with van der Waals surface area (Å²) in [6, 6.07) is 11.0. The lowest BCUT2D eigenvalue weighted by atomic mass is 10.0. The molecule has 0 radical (unpaired) electrons. The molecule has 1 heterocycles. The van der Waals surface area contributed by atoms with Gasteiger partial charge >= 0.3 is 0 Å². The Morgan fingerprint density at radius 1 is 1.09 bits per heavy atom. The molecule has 192 valence electrons. The van der Waals surface area contributed by atoms with Crippen molar-refractivity contribution in [2.45, 2.75) is 37.8 Å². The predicted octanol–water partition coefficient (Wildman–Crippen LogP) is 2.52. The molecule has 1 N–H and O–H groups in total. The van der Waals surface area contributed by atoms with Crippen molar-refractivity contribution in [1.82, 2.24) is 9.21 Å². The number of benzene rings is 2. The van der Waals surface area contributed by atoms with Gasteiger partial charge < -0.3 is 24.2 Å². The predicted molar refractivity (Wildman–Crippen MR) is 131 cm³/mol. The van der Waals surface area contributed by atoms with E-state index in [4.69, 9.17) is 14.2 Å². The Hall–Kier alpha value is -2.66. The van der Waals surface area contributed by atoms with Crippen LogP contribution in [0.2, 0.25) is 0 Å². The number of hydrogen-bond acceptors (Lipinski definition) is 7. The van der Waals surface area contributed by atoms with Gasteiger partial charge in [-0.3, -0.25) is 4.79 Å². The summed E-state index contributed by atoms with van der Waals surface area (Å²) in [6.07, 6.45) is -0.445. The summed E-state index contributed by atoms with van der Waals surface area (Å²) in [7, 11) is -0.643. The van der Waals surface area contributed by atoms with Crippen LogP contribution in [0.3, 0.4) is 0 Å². The Bertz CT molecular complexity index is 1120. The first-order valence-corrected chi connectivity index (χ1v) is 12.9. The second-order valence-electron chi connectivity index (χ2n) is 8.92. The van der Waals surface area contributed by atoms with Gasteiger partial charge in [-0.15, -0.1) is 0 Å². The van der Waals surface area contributed by atoms with E-state index in [1.807, 2.05) is 13.8 Å². The number of carbonyl (C=O) groups is 1. The molecule has 0 fully saturated rings. The second kappa shape index (κ2) is 11.4. The molecule has 9 nitrogen and oxygen atoms in total. The van der Waals surface area contributed by atoms with Gasteiger partial charge in [0.2, 0.25) is 16.8 Å². The van der Waals surface area contributed by atoms with Gasteiger partial charge in [0.1, 0.15) is 0 Å². The topological polar surface area (TPSA) is 106 Å².